The minimum absolute atomic E-state index is 0.0739. The first kappa shape index (κ1) is 14.7. The van der Waals surface area contributed by atoms with Crippen molar-refractivity contribution in [1.82, 2.24) is 0 Å². The average Bonchev–Trinajstić information content (AvgIpc) is 2.38. The molecule has 0 radical (unpaired) electrons. The second kappa shape index (κ2) is 5.76. The third-order valence-electron chi connectivity index (χ3n) is 2.70. The van der Waals surface area contributed by atoms with Crippen LogP contribution in [0.1, 0.15) is 15.9 Å². The molecular weight excluding hydrogens is 344 g/mol. The van der Waals surface area contributed by atoms with Crippen LogP contribution in [-0.4, -0.2) is 19.5 Å². The third kappa shape index (κ3) is 3.26. The third-order valence-corrected chi connectivity index (χ3v) is 5.40. The Morgan fingerprint density at radius 1 is 1.10 bits per heavy atom. The molecule has 6 heteroatoms. The SMILES string of the molecule is O=C(O)c1cccc(CS(=O)(=O)c2ccccc2Br)c1. The summed E-state index contributed by atoms with van der Waals surface area (Å²) in [6.07, 6.45) is 0. The van der Waals surface area contributed by atoms with Gasteiger partial charge in [-0.15, -0.1) is 0 Å². The standard InChI is InChI=1S/C14H11BrO4S/c15-12-6-1-2-7-13(12)20(18,19)9-10-4-3-5-11(8-10)14(16)17/h1-8H,9H2,(H,16,17). The van der Waals surface area contributed by atoms with E-state index in [9.17, 15) is 13.2 Å². The average molecular weight is 355 g/mol. The Morgan fingerprint density at radius 2 is 1.80 bits per heavy atom. The molecule has 20 heavy (non-hydrogen) atoms. The fraction of sp³-hybridized carbons (Fsp3) is 0.0714. The van der Waals surface area contributed by atoms with Gasteiger partial charge >= 0.3 is 5.97 Å². The molecule has 0 bridgehead atoms. The van der Waals surface area contributed by atoms with Crippen LogP contribution in [0.15, 0.2) is 57.9 Å². The topological polar surface area (TPSA) is 71.4 Å². The molecular formula is C14H11BrO4S. The van der Waals surface area contributed by atoms with Gasteiger partial charge in [-0.1, -0.05) is 24.3 Å². The molecule has 2 rings (SSSR count). The maximum absolute atomic E-state index is 12.3. The van der Waals surface area contributed by atoms with Crippen molar-refractivity contribution in [1.29, 1.82) is 0 Å². The zero-order valence-corrected chi connectivity index (χ0v) is 12.7. The van der Waals surface area contributed by atoms with E-state index in [1.807, 2.05) is 0 Å². The number of rotatable bonds is 4. The molecule has 4 nitrogen and oxygen atoms in total. The smallest absolute Gasteiger partial charge is 0.335 e. The van der Waals surface area contributed by atoms with Crippen molar-refractivity contribution in [2.45, 2.75) is 10.6 Å². The highest BCUT2D eigenvalue weighted by Gasteiger charge is 2.18. The van der Waals surface area contributed by atoms with Crippen LogP contribution in [0.5, 0.6) is 0 Å². The largest absolute Gasteiger partial charge is 0.478 e. The van der Waals surface area contributed by atoms with Crippen molar-refractivity contribution >= 4 is 31.7 Å². The van der Waals surface area contributed by atoms with E-state index in [1.165, 1.54) is 24.3 Å². The summed E-state index contributed by atoms with van der Waals surface area (Å²) in [6, 6.07) is 12.5. The molecule has 0 aliphatic rings. The quantitative estimate of drug-likeness (QED) is 0.915. The number of hydrogen-bond acceptors (Lipinski definition) is 3. The van der Waals surface area contributed by atoms with E-state index in [0.717, 1.165) is 0 Å². The number of carbonyl (C=O) groups is 1. The Hall–Kier alpha value is -1.66. The first-order valence-electron chi connectivity index (χ1n) is 5.70. The summed E-state index contributed by atoms with van der Waals surface area (Å²) in [5.74, 6) is -1.32. The van der Waals surface area contributed by atoms with E-state index in [-0.39, 0.29) is 16.2 Å². The second-order valence-corrected chi connectivity index (χ2v) is 7.01. The van der Waals surface area contributed by atoms with E-state index in [2.05, 4.69) is 15.9 Å². The van der Waals surface area contributed by atoms with Crippen LogP contribution in [0.3, 0.4) is 0 Å². The lowest BCUT2D eigenvalue weighted by molar-refractivity contribution is 0.0696. The minimum Gasteiger partial charge on any atom is -0.478 e. The van der Waals surface area contributed by atoms with Gasteiger partial charge in [0.1, 0.15) is 0 Å². The first-order chi connectivity index (χ1) is 9.40. The number of sulfone groups is 1. The second-order valence-electron chi connectivity index (χ2n) is 4.20. The maximum atomic E-state index is 12.3. The lowest BCUT2D eigenvalue weighted by Crippen LogP contribution is -2.07. The van der Waals surface area contributed by atoms with Gasteiger partial charge in [0.15, 0.2) is 9.84 Å². The molecule has 0 unspecified atom stereocenters. The Morgan fingerprint density at radius 3 is 2.45 bits per heavy atom. The minimum atomic E-state index is -3.53. The molecule has 2 aromatic rings. The van der Waals surface area contributed by atoms with Crippen LogP contribution in [0, 0.1) is 0 Å². The molecule has 0 spiro atoms. The molecule has 0 amide bonds. The van der Waals surface area contributed by atoms with E-state index in [1.54, 1.807) is 24.3 Å². The van der Waals surface area contributed by atoms with Gasteiger partial charge in [0, 0.05) is 4.47 Å². The zero-order chi connectivity index (χ0) is 14.8. The summed E-state index contributed by atoms with van der Waals surface area (Å²) in [7, 11) is -3.53. The highest BCUT2D eigenvalue weighted by Crippen LogP contribution is 2.24. The van der Waals surface area contributed by atoms with Crippen molar-refractivity contribution in [3.05, 3.63) is 64.1 Å². The van der Waals surface area contributed by atoms with Gasteiger partial charge < -0.3 is 5.11 Å². The summed E-state index contributed by atoms with van der Waals surface area (Å²) in [5, 5.41) is 8.91. The Balaban J connectivity index is 2.36. The Labute approximate surface area is 125 Å². The zero-order valence-electron chi connectivity index (χ0n) is 10.3. The highest BCUT2D eigenvalue weighted by molar-refractivity contribution is 9.10. The first-order valence-corrected chi connectivity index (χ1v) is 8.14. The van der Waals surface area contributed by atoms with Crippen molar-refractivity contribution in [3.8, 4) is 0 Å². The molecule has 0 heterocycles. The fourth-order valence-corrected chi connectivity index (χ4v) is 4.24. The lowest BCUT2D eigenvalue weighted by Gasteiger charge is -2.07. The van der Waals surface area contributed by atoms with E-state index < -0.39 is 15.8 Å². The Bertz CT molecular complexity index is 753. The predicted octanol–water partition coefficient (Wildman–Crippen LogP) is 3.12. The number of carboxylic acid groups (broad SMARTS) is 1. The summed E-state index contributed by atoms with van der Waals surface area (Å²) in [4.78, 5) is 11.1. The molecule has 0 aromatic heterocycles. The number of carboxylic acids is 1. The molecule has 0 atom stereocenters. The summed E-state index contributed by atoms with van der Waals surface area (Å²) in [6.45, 7) is 0. The molecule has 0 aliphatic heterocycles. The van der Waals surface area contributed by atoms with Crippen LogP contribution in [0.25, 0.3) is 0 Å². The molecule has 0 aliphatic carbocycles. The monoisotopic (exact) mass is 354 g/mol. The fourth-order valence-electron chi connectivity index (χ4n) is 1.79. The number of hydrogen-bond donors (Lipinski definition) is 1. The van der Waals surface area contributed by atoms with Crippen LogP contribution in [-0.2, 0) is 15.6 Å². The van der Waals surface area contributed by atoms with Crippen LogP contribution in [0.2, 0.25) is 0 Å². The van der Waals surface area contributed by atoms with Gasteiger partial charge in [0.2, 0.25) is 0 Å². The van der Waals surface area contributed by atoms with Crippen molar-refractivity contribution in [3.63, 3.8) is 0 Å². The van der Waals surface area contributed by atoms with Gasteiger partial charge in [0.25, 0.3) is 0 Å². The number of benzene rings is 2. The van der Waals surface area contributed by atoms with Crippen LogP contribution < -0.4 is 0 Å². The predicted molar refractivity (Wildman–Crippen MR) is 78.4 cm³/mol. The summed E-state index contributed by atoms with van der Waals surface area (Å²) >= 11 is 3.21. The van der Waals surface area contributed by atoms with Gasteiger partial charge in [-0.2, -0.15) is 0 Å². The molecule has 2 aromatic carbocycles. The molecule has 0 saturated carbocycles. The van der Waals surface area contributed by atoms with Gasteiger partial charge in [-0.05, 0) is 45.8 Å². The normalized spacial score (nSPS) is 11.2. The molecule has 0 saturated heterocycles. The van der Waals surface area contributed by atoms with Crippen LogP contribution >= 0.6 is 15.9 Å². The van der Waals surface area contributed by atoms with E-state index in [4.69, 9.17) is 5.11 Å². The van der Waals surface area contributed by atoms with Crippen molar-refractivity contribution < 1.29 is 18.3 Å². The summed E-state index contributed by atoms with van der Waals surface area (Å²) < 4.78 is 25.1. The summed E-state index contributed by atoms with van der Waals surface area (Å²) in [5.41, 5.74) is 0.519. The van der Waals surface area contributed by atoms with Gasteiger partial charge in [0.05, 0.1) is 16.2 Å². The van der Waals surface area contributed by atoms with E-state index in [0.29, 0.717) is 10.0 Å². The highest BCUT2D eigenvalue weighted by atomic mass is 79.9. The lowest BCUT2D eigenvalue weighted by atomic mass is 10.1. The molecule has 0 fully saturated rings. The van der Waals surface area contributed by atoms with Gasteiger partial charge in [-0.3, -0.25) is 0 Å². The number of halogens is 1. The van der Waals surface area contributed by atoms with Crippen molar-refractivity contribution in [2.75, 3.05) is 0 Å². The molecule has 104 valence electrons. The van der Waals surface area contributed by atoms with Crippen molar-refractivity contribution in [2.24, 2.45) is 0 Å². The van der Waals surface area contributed by atoms with E-state index >= 15 is 0 Å². The van der Waals surface area contributed by atoms with Gasteiger partial charge in [-0.25, -0.2) is 13.2 Å². The Kier molecular flexibility index (Phi) is 4.25. The maximum Gasteiger partial charge on any atom is 0.335 e. The molecule has 1 N–H and O–H groups in total. The number of aromatic carboxylic acids is 1. The van der Waals surface area contributed by atoms with Crippen LogP contribution in [0.4, 0.5) is 0 Å².